The lowest BCUT2D eigenvalue weighted by molar-refractivity contribution is -0.139. The van der Waals surface area contributed by atoms with Crippen LogP contribution in [-0.2, 0) is 16.0 Å². The Hall–Kier alpha value is -2.04. The third kappa shape index (κ3) is 5.21. The number of amides is 2. The highest BCUT2D eigenvalue weighted by atomic mass is 16.2. The van der Waals surface area contributed by atoms with Crippen LogP contribution >= 0.6 is 0 Å². The van der Waals surface area contributed by atoms with Gasteiger partial charge in [-0.2, -0.15) is 0 Å². The minimum atomic E-state index is -0.515. The number of nitrogens with one attached hydrogen (secondary N) is 2. The van der Waals surface area contributed by atoms with E-state index in [0.29, 0.717) is 6.54 Å². The minimum Gasteiger partial charge on any atom is -0.372 e. The molecule has 2 aliphatic rings. The molecule has 3 rings (SSSR count). The average Bonchev–Trinajstić information content (AvgIpc) is 3.18. The van der Waals surface area contributed by atoms with Crippen LogP contribution in [0.3, 0.4) is 0 Å². The van der Waals surface area contributed by atoms with Crippen LogP contribution in [0, 0.1) is 0 Å². The highest BCUT2D eigenvalue weighted by Gasteiger charge is 2.20. The molecule has 2 N–H and O–H groups in total. The molecule has 2 fully saturated rings. The van der Waals surface area contributed by atoms with E-state index in [0.717, 1.165) is 45.2 Å². The molecule has 0 spiro atoms. The van der Waals surface area contributed by atoms with Gasteiger partial charge in [0.25, 0.3) is 0 Å². The van der Waals surface area contributed by atoms with E-state index in [-0.39, 0.29) is 6.04 Å². The highest BCUT2D eigenvalue weighted by molar-refractivity contribution is 6.35. The molecule has 0 aromatic heterocycles. The molecule has 1 saturated carbocycles. The Morgan fingerprint density at radius 1 is 0.920 bits per heavy atom. The Labute approximate surface area is 150 Å². The Kier molecular flexibility index (Phi) is 6.31. The molecule has 5 heteroatoms. The predicted octanol–water partition coefficient (Wildman–Crippen LogP) is 2.39. The molecule has 136 valence electrons. The Morgan fingerprint density at radius 2 is 1.60 bits per heavy atom. The lowest BCUT2D eigenvalue weighted by Crippen LogP contribution is -2.45. The normalized spacial score (nSPS) is 18.2. The SMILES string of the molecule is O=C(NCCc1ccc(N2CCCC2)cc1)C(=O)NC1CCCCC1. The zero-order valence-electron chi connectivity index (χ0n) is 14.9. The van der Waals surface area contributed by atoms with Gasteiger partial charge in [-0.15, -0.1) is 0 Å². The first-order valence-electron chi connectivity index (χ1n) is 9.65. The quantitative estimate of drug-likeness (QED) is 0.807. The first-order valence-corrected chi connectivity index (χ1v) is 9.65. The summed E-state index contributed by atoms with van der Waals surface area (Å²) in [5.74, 6) is -1.00. The number of anilines is 1. The van der Waals surface area contributed by atoms with E-state index in [4.69, 9.17) is 0 Å². The van der Waals surface area contributed by atoms with Gasteiger partial charge in [-0.05, 0) is 49.8 Å². The van der Waals surface area contributed by atoms with Gasteiger partial charge in [0.2, 0.25) is 0 Å². The fourth-order valence-corrected chi connectivity index (χ4v) is 3.75. The number of carbonyl (C=O) groups excluding carboxylic acids is 2. The van der Waals surface area contributed by atoms with Gasteiger partial charge in [0.1, 0.15) is 0 Å². The summed E-state index contributed by atoms with van der Waals surface area (Å²) in [7, 11) is 0. The third-order valence-corrected chi connectivity index (χ3v) is 5.25. The largest absolute Gasteiger partial charge is 0.372 e. The van der Waals surface area contributed by atoms with Gasteiger partial charge in [0.15, 0.2) is 0 Å². The maximum atomic E-state index is 11.9. The number of hydrogen-bond acceptors (Lipinski definition) is 3. The lowest BCUT2D eigenvalue weighted by Gasteiger charge is -2.22. The third-order valence-electron chi connectivity index (χ3n) is 5.25. The number of hydrogen-bond donors (Lipinski definition) is 2. The Morgan fingerprint density at radius 3 is 2.28 bits per heavy atom. The summed E-state index contributed by atoms with van der Waals surface area (Å²) in [6, 6.07) is 8.70. The van der Waals surface area contributed by atoms with Crippen molar-refractivity contribution in [2.45, 2.75) is 57.4 Å². The predicted molar refractivity (Wildman–Crippen MR) is 99.6 cm³/mol. The van der Waals surface area contributed by atoms with Crippen LogP contribution in [-0.4, -0.2) is 37.5 Å². The zero-order chi connectivity index (χ0) is 17.5. The summed E-state index contributed by atoms with van der Waals surface area (Å²) in [6.45, 7) is 2.77. The number of benzene rings is 1. The van der Waals surface area contributed by atoms with E-state index >= 15 is 0 Å². The van der Waals surface area contributed by atoms with Crippen molar-refractivity contribution in [2.75, 3.05) is 24.5 Å². The van der Waals surface area contributed by atoms with E-state index < -0.39 is 11.8 Å². The van der Waals surface area contributed by atoms with E-state index in [1.807, 2.05) is 0 Å². The summed E-state index contributed by atoms with van der Waals surface area (Å²) in [5, 5.41) is 5.58. The van der Waals surface area contributed by atoms with Gasteiger partial charge >= 0.3 is 11.8 Å². The minimum absolute atomic E-state index is 0.171. The van der Waals surface area contributed by atoms with Crippen LogP contribution in [0.5, 0.6) is 0 Å². The molecule has 2 amide bonds. The first kappa shape index (κ1) is 17.8. The molecule has 1 aliphatic carbocycles. The monoisotopic (exact) mass is 343 g/mol. The standard InChI is InChI=1S/C20H29N3O2/c24-19(20(25)22-17-6-2-1-3-7-17)21-13-12-16-8-10-18(11-9-16)23-14-4-5-15-23/h8-11,17H,1-7,12-15H2,(H,21,24)(H,22,25). The number of rotatable bonds is 5. The average molecular weight is 343 g/mol. The summed E-state index contributed by atoms with van der Waals surface area (Å²) < 4.78 is 0. The second kappa shape index (κ2) is 8.88. The molecule has 25 heavy (non-hydrogen) atoms. The molecular weight excluding hydrogens is 314 g/mol. The molecule has 1 aromatic carbocycles. The molecule has 0 atom stereocenters. The maximum absolute atomic E-state index is 11.9. The van der Waals surface area contributed by atoms with Crippen molar-refractivity contribution in [3.8, 4) is 0 Å². The number of carbonyl (C=O) groups is 2. The fourth-order valence-electron chi connectivity index (χ4n) is 3.75. The van der Waals surface area contributed by atoms with Crippen LogP contribution in [0.2, 0.25) is 0 Å². The van der Waals surface area contributed by atoms with Crippen molar-refractivity contribution in [2.24, 2.45) is 0 Å². The molecule has 1 heterocycles. The topological polar surface area (TPSA) is 61.4 Å². The van der Waals surface area contributed by atoms with E-state index in [1.165, 1.54) is 30.5 Å². The molecule has 0 unspecified atom stereocenters. The van der Waals surface area contributed by atoms with Gasteiger partial charge < -0.3 is 15.5 Å². The Balaban J connectivity index is 1.38. The summed E-state index contributed by atoms with van der Waals surface area (Å²) in [6.07, 6.45) is 8.77. The fraction of sp³-hybridized carbons (Fsp3) is 0.600. The maximum Gasteiger partial charge on any atom is 0.309 e. The van der Waals surface area contributed by atoms with E-state index in [1.54, 1.807) is 0 Å². The molecular formula is C20H29N3O2. The van der Waals surface area contributed by atoms with Gasteiger partial charge in [0.05, 0.1) is 0 Å². The molecule has 1 saturated heterocycles. The Bertz CT molecular complexity index is 573. The number of nitrogens with zero attached hydrogens (tertiary/aromatic N) is 1. The van der Waals surface area contributed by atoms with Crippen LogP contribution in [0.25, 0.3) is 0 Å². The second-order valence-corrected chi connectivity index (χ2v) is 7.17. The van der Waals surface area contributed by atoms with E-state index in [2.05, 4.69) is 39.8 Å². The van der Waals surface area contributed by atoms with E-state index in [9.17, 15) is 9.59 Å². The summed E-state index contributed by atoms with van der Waals surface area (Å²) in [4.78, 5) is 26.2. The van der Waals surface area contributed by atoms with Crippen LogP contribution in [0.15, 0.2) is 24.3 Å². The zero-order valence-corrected chi connectivity index (χ0v) is 14.9. The smallest absolute Gasteiger partial charge is 0.309 e. The van der Waals surface area contributed by atoms with Gasteiger partial charge in [-0.1, -0.05) is 31.4 Å². The van der Waals surface area contributed by atoms with Crippen molar-refractivity contribution >= 4 is 17.5 Å². The second-order valence-electron chi connectivity index (χ2n) is 7.17. The summed E-state index contributed by atoms with van der Waals surface area (Å²) in [5.41, 5.74) is 2.45. The van der Waals surface area contributed by atoms with Gasteiger partial charge in [-0.25, -0.2) is 0 Å². The summed E-state index contributed by atoms with van der Waals surface area (Å²) >= 11 is 0. The molecule has 1 aromatic rings. The molecule has 0 radical (unpaired) electrons. The molecule has 5 nitrogen and oxygen atoms in total. The van der Waals surface area contributed by atoms with Crippen molar-refractivity contribution in [1.82, 2.24) is 10.6 Å². The molecule has 0 bridgehead atoms. The molecule has 1 aliphatic heterocycles. The lowest BCUT2D eigenvalue weighted by atomic mass is 9.95. The highest BCUT2D eigenvalue weighted by Crippen LogP contribution is 2.20. The van der Waals surface area contributed by atoms with Crippen molar-refractivity contribution in [1.29, 1.82) is 0 Å². The van der Waals surface area contributed by atoms with Crippen LogP contribution in [0.4, 0.5) is 5.69 Å². The first-order chi connectivity index (χ1) is 12.2. The van der Waals surface area contributed by atoms with Crippen molar-refractivity contribution in [3.05, 3.63) is 29.8 Å². The van der Waals surface area contributed by atoms with Crippen molar-refractivity contribution in [3.63, 3.8) is 0 Å². The van der Waals surface area contributed by atoms with Gasteiger partial charge in [-0.3, -0.25) is 9.59 Å². The van der Waals surface area contributed by atoms with Crippen LogP contribution < -0.4 is 15.5 Å². The van der Waals surface area contributed by atoms with Gasteiger partial charge in [0, 0.05) is 31.4 Å². The van der Waals surface area contributed by atoms with Crippen molar-refractivity contribution < 1.29 is 9.59 Å². The van der Waals surface area contributed by atoms with Crippen LogP contribution in [0.1, 0.15) is 50.5 Å².